The Balaban J connectivity index is 1.11. The number of hydrogen-bond donors (Lipinski definition) is 3. The van der Waals surface area contributed by atoms with Crippen molar-refractivity contribution in [1.29, 1.82) is 0 Å². The Kier molecular flexibility index (Phi) is 10.00. The van der Waals surface area contributed by atoms with Crippen LogP contribution in [0.5, 0.6) is 11.5 Å². The second-order valence-electron chi connectivity index (χ2n) is 15.6. The van der Waals surface area contributed by atoms with E-state index in [1.165, 1.54) is 6.33 Å². The van der Waals surface area contributed by atoms with Gasteiger partial charge in [-0.05, 0) is 70.7 Å². The number of methoxy groups -OCH3 is 2. The zero-order chi connectivity index (χ0) is 41.7. The molecule has 5 aromatic heterocycles. The van der Waals surface area contributed by atoms with E-state index in [2.05, 4.69) is 35.6 Å². The number of alkyl halides is 3. The Bertz CT molecular complexity index is 2530. The normalized spacial score (nSPS) is 15.6. The summed E-state index contributed by atoms with van der Waals surface area (Å²) in [7, 11) is 3.19. The molecule has 1 saturated carbocycles. The molecular formula is C40H43F3N10O6. The van der Waals surface area contributed by atoms with Crippen LogP contribution in [0.15, 0.2) is 65.8 Å². The van der Waals surface area contributed by atoms with Crippen LogP contribution in [-0.2, 0) is 16.7 Å². The van der Waals surface area contributed by atoms with Crippen molar-refractivity contribution in [2.45, 2.75) is 76.2 Å². The second-order valence-corrected chi connectivity index (χ2v) is 15.6. The fourth-order valence-corrected chi connectivity index (χ4v) is 7.48. The fraction of sp³-hybridized carbons (Fsp3) is 0.400. The van der Waals surface area contributed by atoms with Crippen LogP contribution in [0, 0.1) is 0 Å². The number of urea groups is 1. The van der Waals surface area contributed by atoms with Gasteiger partial charge in [-0.2, -0.15) is 13.2 Å². The number of halogens is 3. The number of piperidine rings is 1. The molecule has 19 heteroatoms. The van der Waals surface area contributed by atoms with Crippen molar-refractivity contribution < 1.29 is 41.5 Å². The minimum Gasteiger partial charge on any atom is -0.497 e. The minimum absolute atomic E-state index is 0.0137. The Morgan fingerprint density at radius 2 is 1.75 bits per heavy atom. The first-order chi connectivity index (χ1) is 28.2. The summed E-state index contributed by atoms with van der Waals surface area (Å²) in [5.41, 5.74) is 1.07. The molecule has 59 heavy (non-hydrogen) atoms. The van der Waals surface area contributed by atoms with Gasteiger partial charge in [-0.25, -0.2) is 24.5 Å². The van der Waals surface area contributed by atoms with Gasteiger partial charge in [0.15, 0.2) is 17.2 Å². The van der Waals surface area contributed by atoms with Crippen molar-refractivity contribution in [2.24, 2.45) is 0 Å². The molecular weight excluding hydrogens is 773 g/mol. The number of aromatic nitrogens is 6. The molecule has 8 rings (SSSR count). The van der Waals surface area contributed by atoms with Crippen LogP contribution in [0.25, 0.3) is 27.9 Å². The number of carbonyl (C=O) groups excluding carboxylic acids is 2. The van der Waals surface area contributed by atoms with Gasteiger partial charge in [0.2, 0.25) is 0 Å². The molecule has 0 spiro atoms. The topological polar surface area (TPSA) is 175 Å². The zero-order valence-corrected chi connectivity index (χ0v) is 33.0. The van der Waals surface area contributed by atoms with Gasteiger partial charge in [-0.3, -0.25) is 9.72 Å². The van der Waals surface area contributed by atoms with Gasteiger partial charge in [0.05, 0.1) is 31.0 Å². The van der Waals surface area contributed by atoms with Crippen molar-refractivity contribution in [2.75, 3.05) is 43.3 Å². The maximum Gasteiger partial charge on any atom is 0.410 e. The van der Waals surface area contributed by atoms with E-state index in [-0.39, 0.29) is 36.6 Å². The number of nitrogens with one attached hydrogen (secondary N) is 3. The predicted octanol–water partition coefficient (Wildman–Crippen LogP) is 8.17. The third kappa shape index (κ3) is 7.63. The number of rotatable bonds is 10. The molecule has 1 aliphatic carbocycles. The number of fused-ring (bicyclic) bond motifs is 2. The first-order valence-corrected chi connectivity index (χ1v) is 19.0. The Morgan fingerprint density at radius 3 is 2.44 bits per heavy atom. The molecule has 310 valence electrons. The summed E-state index contributed by atoms with van der Waals surface area (Å²) >= 11 is 0. The van der Waals surface area contributed by atoms with Crippen LogP contribution in [-0.4, -0.2) is 85.2 Å². The number of imidazole rings is 1. The zero-order valence-electron chi connectivity index (χ0n) is 33.0. The van der Waals surface area contributed by atoms with Crippen molar-refractivity contribution in [1.82, 2.24) is 34.0 Å². The lowest BCUT2D eigenvalue weighted by Gasteiger charge is -2.34. The van der Waals surface area contributed by atoms with Gasteiger partial charge in [-0.15, -0.1) is 0 Å². The molecule has 0 radical (unpaired) electrons. The predicted molar refractivity (Wildman–Crippen MR) is 211 cm³/mol. The lowest BCUT2D eigenvalue weighted by molar-refractivity contribution is -0.165. The molecule has 1 aliphatic heterocycles. The highest BCUT2D eigenvalue weighted by atomic mass is 19.4. The number of amides is 3. The smallest absolute Gasteiger partial charge is 0.410 e. The SMILES string of the molecule is COc1ccc(CNc2ncnc3c2c(-c2ccc(NC(=O)Nc4cc(C5(C(F)(F)F)CC5)on4)c4nccn24)cn3C2CCN(C(=O)OC(C)(C)C)CC2)c(OC)c1. The van der Waals surface area contributed by atoms with E-state index < -0.39 is 23.2 Å². The third-order valence-corrected chi connectivity index (χ3v) is 10.6. The summed E-state index contributed by atoms with van der Waals surface area (Å²) in [5, 5.41) is 13.1. The average molecular weight is 817 g/mol. The summed E-state index contributed by atoms with van der Waals surface area (Å²) in [6.07, 6.45) is 3.15. The van der Waals surface area contributed by atoms with E-state index in [1.54, 1.807) is 37.6 Å². The number of anilines is 3. The van der Waals surface area contributed by atoms with Crippen LogP contribution in [0.2, 0.25) is 0 Å². The van der Waals surface area contributed by atoms with E-state index in [0.717, 1.165) is 22.6 Å². The van der Waals surface area contributed by atoms with E-state index in [9.17, 15) is 22.8 Å². The molecule has 6 aromatic rings. The van der Waals surface area contributed by atoms with Gasteiger partial charge in [0.1, 0.15) is 40.3 Å². The highest BCUT2D eigenvalue weighted by Crippen LogP contribution is 2.59. The molecule has 2 aliphatic rings. The molecule has 3 amide bonds. The minimum atomic E-state index is -4.49. The highest BCUT2D eigenvalue weighted by molar-refractivity contribution is 6.03. The first-order valence-electron chi connectivity index (χ1n) is 19.0. The van der Waals surface area contributed by atoms with Crippen molar-refractivity contribution in [3.8, 4) is 22.8 Å². The Morgan fingerprint density at radius 1 is 0.966 bits per heavy atom. The number of benzene rings is 1. The maximum absolute atomic E-state index is 13.6. The van der Waals surface area contributed by atoms with Crippen LogP contribution in [0.3, 0.4) is 0 Å². The summed E-state index contributed by atoms with van der Waals surface area (Å²) in [6.45, 7) is 6.88. The average Bonchev–Trinajstić information content (AvgIpc) is 3.48. The standard InChI is InChI=1S/C40H43F3N10O6/c1-38(2,3)58-37(55)51-15-10-24(11-16-51)53-21-26(32-33(46-22-47-35(32)53)45-20-23-6-7-25(56-4)18-29(23)57-5)28-9-8-27(34-44-14-17-52(28)34)48-36(54)49-31-19-30(59-50-31)39(12-13-39)40(41,42)43/h6-9,14,17-19,21-22,24H,10-13,15-16,20H2,1-5H3,(H,45,46,47)(H2,48,49,50,54). The number of carbonyl (C=O) groups is 2. The van der Waals surface area contributed by atoms with Crippen LogP contribution in [0.1, 0.15) is 63.8 Å². The molecule has 16 nitrogen and oxygen atoms in total. The number of nitrogens with zero attached hydrogens (tertiary/aromatic N) is 7. The quantitative estimate of drug-likeness (QED) is 0.122. The monoisotopic (exact) mass is 816 g/mol. The maximum atomic E-state index is 13.6. The fourth-order valence-electron chi connectivity index (χ4n) is 7.48. The van der Waals surface area contributed by atoms with E-state index in [1.807, 2.05) is 55.6 Å². The largest absolute Gasteiger partial charge is 0.497 e. The molecule has 6 heterocycles. The van der Waals surface area contributed by atoms with Crippen molar-refractivity contribution >= 4 is 46.1 Å². The highest BCUT2D eigenvalue weighted by Gasteiger charge is 2.67. The lowest BCUT2D eigenvalue weighted by atomic mass is 10.0. The number of ether oxygens (including phenoxy) is 3. The summed E-state index contributed by atoms with van der Waals surface area (Å²) in [5.74, 6) is 1.37. The molecule has 0 unspecified atom stereocenters. The summed E-state index contributed by atoms with van der Waals surface area (Å²) in [6, 6.07) is 9.43. The Labute approximate surface area is 336 Å². The lowest BCUT2D eigenvalue weighted by Crippen LogP contribution is -2.42. The first kappa shape index (κ1) is 39.3. The van der Waals surface area contributed by atoms with E-state index >= 15 is 0 Å². The molecule has 2 fully saturated rings. The Hall–Kier alpha value is -6.53. The van der Waals surface area contributed by atoms with Gasteiger partial charge < -0.3 is 38.8 Å². The molecule has 1 saturated heterocycles. The van der Waals surface area contributed by atoms with Crippen molar-refractivity contribution in [3.63, 3.8) is 0 Å². The van der Waals surface area contributed by atoms with Crippen LogP contribution in [0.4, 0.5) is 40.1 Å². The van der Waals surface area contributed by atoms with Gasteiger partial charge in [0.25, 0.3) is 0 Å². The molecule has 0 atom stereocenters. The summed E-state index contributed by atoms with van der Waals surface area (Å²) in [4.78, 5) is 41.8. The second kappa shape index (κ2) is 15.0. The van der Waals surface area contributed by atoms with E-state index in [4.69, 9.17) is 23.7 Å². The summed E-state index contributed by atoms with van der Waals surface area (Å²) < 4.78 is 66.5. The molecule has 1 aromatic carbocycles. The van der Waals surface area contributed by atoms with Gasteiger partial charge in [-0.1, -0.05) is 5.16 Å². The number of pyridine rings is 1. The van der Waals surface area contributed by atoms with Gasteiger partial charge in [0, 0.05) is 67.5 Å². The number of likely N-dealkylation sites (tertiary alicyclic amines) is 1. The van der Waals surface area contributed by atoms with Crippen LogP contribution < -0.4 is 25.4 Å². The molecule has 3 N–H and O–H groups in total. The molecule has 0 bridgehead atoms. The van der Waals surface area contributed by atoms with Crippen molar-refractivity contribution in [3.05, 3.63) is 72.6 Å². The van der Waals surface area contributed by atoms with Crippen LogP contribution >= 0.6 is 0 Å². The van der Waals surface area contributed by atoms with E-state index in [0.29, 0.717) is 72.5 Å². The number of hydrogen-bond acceptors (Lipinski definition) is 11. The third-order valence-electron chi connectivity index (χ3n) is 10.6. The van der Waals surface area contributed by atoms with Gasteiger partial charge >= 0.3 is 18.3 Å².